The SMILES string of the molecule is COc1ccccc1.NC1=C(Nc2ccccc2)C(=O)c2c(Br)cccc2C1=O. The van der Waals surface area contributed by atoms with E-state index in [1.807, 2.05) is 48.5 Å². The van der Waals surface area contributed by atoms with Crippen molar-refractivity contribution in [2.75, 3.05) is 12.4 Å². The minimum Gasteiger partial charge on any atom is -0.497 e. The number of ether oxygens (including phenoxy) is 1. The largest absolute Gasteiger partial charge is 0.497 e. The lowest BCUT2D eigenvalue weighted by atomic mass is 9.90. The molecular weight excluding hydrogens is 432 g/mol. The van der Waals surface area contributed by atoms with Crippen molar-refractivity contribution in [2.24, 2.45) is 5.73 Å². The van der Waals surface area contributed by atoms with E-state index < -0.39 is 0 Å². The van der Waals surface area contributed by atoms with E-state index in [-0.39, 0.29) is 23.0 Å². The molecule has 0 heterocycles. The molecule has 3 aromatic rings. The van der Waals surface area contributed by atoms with Crippen LogP contribution in [0.2, 0.25) is 0 Å². The van der Waals surface area contributed by atoms with E-state index in [0.717, 1.165) is 5.75 Å². The molecule has 0 saturated carbocycles. The molecule has 1 aliphatic rings. The number of ketones is 2. The van der Waals surface area contributed by atoms with E-state index in [9.17, 15) is 9.59 Å². The third-order valence-electron chi connectivity index (χ3n) is 4.25. The van der Waals surface area contributed by atoms with Gasteiger partial charge in [-0.1, -0.05) is 64.5 Å². The van der Waals surface area contributed by atoms with Crippen LogP contribution < -0.4 is 15.8 Å². The number of hydrogen-bond acceptors (Lipinski definition) is 5. The summed E-state index contributed by atoms with van der Waals surface area (Å²) in [4.78, 5) is 24.9. The van der Waals surface area contributed by atoms with Crippen LogP contribution in [0.5, 0.6) is 5.75 Å². The average Bonchev–Trinajstić information content (AvgIpc) is 2.77. The van der Waals surface area contributed by atoms with Gasteiger partial charge in [0.1, 0.15) is 17.1 Å². The summed E-state index contributed by atoms with van der Waals surface area (Å²) in [6, 6.07) is 23.8. The minimum absolute atomic E-state index is 0.0607. The molecule has 5 nitrogen and oxygen atoms in total. The Morgan fingerprint density at radius 3 is 2.03 bits per heavy atom. The predicted octanol–water partition coefficient (Wildman–Crippen LogP) is 4.81. The highest BCUT2D eigenvalue weighted by molar-refractivity contribution is 9.10. The van der Waals surface area contributed by atoms with Crippen molar-refractivity contribution in [3.8, 4) is 5.75 Å². The maximum Gasteiger partial charge on any atom is 0.213 e. The van der Waals surface area contributed by atoms with Crippen LogP contribution >= 0.6 is 15.9 Å². The first-order chi connectivity index (χ1) is 14.0. The smallest absolute Gasteiger partial charge is 0.213 e. The minimum atomic E-state index is -0.343. The molecule has 146 valence electrons. The predicted molar refractivity (Wildman–Crippen MR) is 117 cm³/mol. The van der Waals surface area contributed by atoms with Crippen molar-refractivity contribution in [1.82, 2.24) is 0 Å². The average molecular weight is 451 g/mol. The molecule has 0 atom stereocenters. The Labute approximate surface area is 177 Å². The molecule has 0 unspecified atom stereocenters. The van der Waals surface area contributed by atoms with Gasteiger partial charge in [0.15, 0.2) is 0 Å². The van der Waals surface area contributed by atoms with Gasteiger partial charge in [0, 0.05) is 21.3 Å². The second-order valence-corrected chi connectivity index (χ2v) is 6.97. The lowest BCUT2D eigenvalue weighted by Gasteiger charge is -2.20. The zero-order valence-corrected chi connectivity index (χ0v) is 17.3. The van der Waals surface area contributed by atoms with Crippen molar-refractivity contribution in [2.45, 2.75) is 0 Å². The van der Waals surface area contributed by atoms with E-state index in [1.54, 1.807) is 37.4 Å². The first-order valence-corrected chi connectivity index (χ1v) is 9.61. The van der Waals surface area contributed by atoms with Gasteiger partial charge in [0.05, 0.1) is 7.11 Å². The monoisotopic (exact) mass is 450 g/mol. The van der Waals surface area contributed by atoms with Crippen molar-refractivity contribution >= 4 is 33.2 Å². The van der Waals surface area contributed by atoms with Crippen LogP contribution in [-0.2, 0) is 0 Å². The second kappa shape index (κ2) is 9.21. The summed E-state index contributed by atoms with van der Waals surface area (Å²) in [5.41, 5.74) is 7.28. The van der Waals surface area contributed by atoms with Gasteiger partial charge in [0.2, 0.25) is 11.6 Å². The molecule has 3 N–H and O–H groups in total. The molecule has 6 heteroatoms. The number of nitrogens with one attached hydrogen (secondary N) is 1. The summed E-state index contributed by atoms with van der Waals surface area (Å²) in [6.07, 6.45) is 0. The number of carbonyl (C=O) groups is 2. The molecule has 0 bridgehead atoms. The molecule has 1 aliphatic carbocycles. The zero-order chi connectivity index (χ0) is 20.8. The number of hydrogen-bond donors (Lipinski definition) is 2. The topological polar surface area (TPSA) is 81.4 Å². The van der Waals surface area contributed by atoms with Crippen molar-refractivity contribution < 1.29 is 14.3 Å². The number of para-hydroxylation sites is 2. The number of methoxy groups -OCH3 is 1. The third kappa shape index (κ3) is 4.55. The number of fused-ring (bicyclic) bond motifs is 1. The highest BCUT2D eigenvalue weighted by atomic mass is 79.9. The van der Waals surface area contributed by atoms with E-state index in [4.69, 9.17) is 10.5 Å². The standard InChI is InChI=1S/C16H11BrN2O2.C7H8O/c17-11-8-4-7-10-12(11)16(21)14(13(18)15(10)20)19-9-5-2-1-3-6-9;1-8-7-5-3-2-4-6-7/h1-8,19H,18H2;2-6H,1H3. The summed E-state index contributed by atoms with van der Waals surface area (Å²) >= 11 is 3.32. The summed E-state index contributed by atoms with van der Waals surface area (Å²) in [5.74, 6) is 0.273. The Balaban J connectivity index is 0.000000252. The van der Waals surface area contributed by atoms with Crippen molar-refractivity contribution in [3.63, 3.8) is 0 Å². The molecule has 0 fully saturated rings. The van der Waals surface area contributed by atoms with E-state index in [1.165, 1.54) is 0 Å². The Hall–Kier alpha value is -3.38. The highest BCUT2D eigenvalue weighted by Crippen LogP contribution is 2.30. The number of benzene rings is 3. The van der Waals surface area contributed by atoms with Gasteiger partial charge in [0.25, 0.3) is 0 Å². The number of carbonyl (C=O) groups excluding carboxylic acids is 2. The zero-order valence-electron chi connectivity index (χ0n) is 15.7. The fraction of sp³-hybridized carbons (Fsp3) is 0.0435. The van der Waals surface area contributed by atoms with Crippen LogP contribution in [0, 0.1) is 0 Å². The first-order valence-electron chi connectivity index (χ1n) is 8.81. The van der Waals surface area contributed by atoms with Crippen LogP contribution in [0.25, 0.3) is 0 Å². The number of halogens is 1. The van der Waals surface area contributed by atoms with Crippen LogP contribution in [0.4, 0.5) is 5.69 Å². The summed E-state index contributed by atoms with van der Waals surface area (Å²) in [5, 5.41) is 2.94. The molecular formula is C23H19BrN2O3. The fourth-order valence-corrected chi connectivity index (χ4v) is 3.34. The molecule has 3 aromatic carbocycles. The van der Waals surface area contributed by atoms with E-state index in [0.29, 0.717) is 21.3 Å². The lowest BCUT2D eigenvalue weighted by molar-refractivity contribution is 0.0974. The van der Waals surface area contributed by atoms with Crippen LogP contribution in [-0.4, -0.2) is 18.7 Å². The third-order valence-corrected chi connectivity index (χ3v) is 4.91. The number of rotatable bonds is 3. The Bertz CT molecular complexity index is 1060. The molecule has 0 amide bonds. The molecule has 4 rings (SSSR count). The number of nitrogens with two attached hydrogens (primary N) is 1. The van der Waals surface area contributed by atoms with Crippen molar-refractivity contribution in [1.29, 1.82) is 0 Å². The second-order valence-electron chi connectivity index (χ2n) is 6.12. The fourth-order valence-electron chi connectivity index (χ4n) is 2.80. The van der Waals surface area contributed by atoms with Gasteiger partial charge in [-0.15, -0.1) is 0 Å². The van der Waals surface area contributed by atoms with Crippen molar-refractivity contribution in [3.05, 3.63) is 106 Å². The summed E-state index contributed by atoms with van der Waals surface area (Å²) in [6.45, 7) is 0. The summed E-state index contributed by atoms with van der Waals surface area (Å²) in [7, 11) is 1.66. The number of anilines is 1. The number of Topliss-reactive ketones (excluding diaryl/α,β-unsaturated/α-hetero) is 2. The lowest BCUT2D eigenvalue weighted by Crippen LogP contribution is -2.30. The highest BCUT2D eigenvalue weighted by Gasteiger charge is 2.32. The van der Waals surface area contributed by atoms with E-state index >= 15 is 0 Å². The molecule has 29 heavy (non-hydrogen) atoms. The molecule has 0 aromatic heterocycles. The summed E-state index contributed by atoms with van der Waals surface area (Å²) < 4.78 is 5.50. The van der Waals surface area contributed by atoms with Gasteiger partial charge in [-0.25, -0.2) is 0 Å². The van der Waals surface area contributed by atoms with Crippen LogP contribution in [0.15, 0.2) is 94.7 Å². The van der Waals surface area contributed by atoms with Gasteiger partial charge in [-0.2, -0.15) is 0 Å². The van der Waals surface area contributed by atoms with Gasteiger partial charge in [-0.05, 0) is 30.3 Å². The quantitative estimate of drug-likeness (QED) is 0.598. The molecule has 0 radical (unpaired) electrons. The van der Waals surface area contributed by atoms with Gasteiger partial charge in [-0.3, -0.25) is 9.59 Å². The normalized spacial score (nSPS) is 12.6. The Kier molecular flexibility index (Phi) is 6.46. The Morgan fingerprint density at radius 1 is 0.828 bits per heavy atom. The van der Waals surface area contributed by atoms with Gasteiger partial charge < -0.3 is 15.8 Å². The van der Waals surface area contributed by atoms with Gasteiger partial charge >= 0.3 is 0 Å². The maximum absolute atomic E-state index is 12.6. The first kappa shape index (κ1) is 20.4. The van der Waals surface area contributed by atoms with E-state index in [2.05, 4.69) is 21.2 Å². The molecule has 0 spiro atoms. The van der Waals surface area contributed by atoms with Crippen LogP contribution in [0.1, 0.15) is 20.7 Å². The number of allylic oxidation sites excluding steroid dienone is 2. The Morgan fingerprint density at radius 2 is 1.45 bits per heavy atom. The molecule has 0 saturated heterocycles. The van der Waals surface area contributed by atoms with Crippen LogP contribution in [0.3, 0.4) is 0 Å². The molecule has 0 aliphatic heterocycles. The maximum atomic E-state index is 12.6.